The summed E-state index contributed by atoms with van der Waals surface area (Å²) < 4.78 is 148. The van der Waals surface area contributed by atoms with Gasteiger partial charge in [0.1, 0.15) is 92.6 Å². The number of azide groups is 1. The monoisotopic (exact) mass is 1790 g/mol. The zero-order valence-corrected chi connectivity index (χ0v) is 70.0. The lowest BCUT2D eigenvalue weighted by molar-refractivity contribution is -0.291. The minimum atomic E-state index is -3.89. The van der Waals surface area contributed by atoms with Crippen LogP contribution in [-0.4, -0.2) is 295 Å². The van der Waals surface area contributed by atoms with Crippen molar-refractivity contribution in [3.8, 4) is 0 Å². The van der Waals surface area contributed by atoms with Crippen molar-refractivity contribution in [2.24, 2.45) is 63.2 Å². The average Bonchev–Trinajstić information content (AvgIpc) is 1.47. The maximum absolute atomic E-state index is 15.1. The number of nitrogens with two attached hydrogens (primary N) is 6. The van der Waals surface area contributed by atoms with Crippen LogP contribution in [0.3, 0.4) is 0 Å². The lowest BCUT2D eigenvalue weighted by Crippen LogP contribution is -2.63. The van der Waals surface area contributed by atoms with Gasteiger partial charge in [-0.2, -0.15) is 0 Å². The third-order valence-electron chi connectivity index (χ3n) is 23.4. The van der Waals surface area contributed by atoms with E-state index in [0.29, 0.717) is 37.7 Å². The first-order valence-corrected chi connectivity index (χ1v) is 42.2. The molecule has 2 aliphatic carbocycles. The summed E-state index contributed by atoms with van der Waals surface area (Å²) in [6.45, 7) is 0.829. The number of Topliss-reactive ketones (excluding diaryl/α,β-unsaturated/α-hetero) is 2. The molecule has 6 aliphatic heterocycles. The highest BCUT2D eigenvalue weighted by Crippen LogP contribution is 2.43. The molecular weight excluding hydrogens is 1670 g/mol. The van der Waals surface area contributed by atoms with Crippen molar-refractivity contribution in [3.63, 3.8) is 0 Å². The lowest BCUT2D eigenvalue weighted by atomic mass is 9.73. The molecule has 126 heavy (non-hydrogen) atoms. The van der Waals surface area contributed by atoms with Gasteiger partial charge in [-0.15, -0.1) is 0 Å². The molecule has 2 saturated carbocycles. The van der Waals surface area contributed by atoms with Crippen LogP contribution in [0.5, 0.6) is 0 Å². The van der Waals surface area contributed by atoms with Gasteiger partial charge >= 0.3 is 18.3 Å². The Kier molecular flexibility index (Phi) is 38.1. The number of aliphatic hydroxyl groups excluding tert-OH is 7. The zero-order valence-electron chi connectivity index (χ0n) is 70.0. The predicted octanol–water partition coefficient (Wildman–Crippen LogP) is 1.69. The molecule has 39 nitrogen and oxygen atoms in total. The molecule has 3 amide bonds. The highest BCUT2D eigenvalue weighted by molar-refractivity contribution is 5.84. The van der Waals surface area contributed by atoms with Crippen molar-refractivity contribution in [2.45, 2.75) is 282 Å². The molecule has 6 heterocycles. The summed E-state index contributed by atoms with van der Waals surface area (Å²) in [7, 11) is 0. The number of nitrogens with one attached hydrogen (secondary N) is 3. The van der Waals surface area contributed by atoms with Crippen LogP contribution in [0.25, 0.3) is 10.4 Å². The first-order valence-electron chi connectivity index (χ1n) is 42.2. The molecule has 6 fully saturated rings. The van der Waals surface area contributed by atoms with E-state index >= 15 is 8.78 Å². The molecular formula is C83H120F4N12O27. The van der Waals surface area contributed by atoms with Crippen molar-refractivity contribution in [1.29, 1.82) is 0 Å². The number of ether oxygens (including phenoxy) is 15. The Morgan fingerprint density at radius 1 is 0.524 bits per heavy atom. The summed E-state index contributed by atoms with van der Waals surface area (Å²) in [5, 5.41) is 88.9. The van der Waals surface area contributed by atoms with E-state index in [1.807, 2.05) is 25.1 Å². The van der Waals surface area contributed by atoms with E-state index in [9.17, 15) is 68.5 Å². The Morgan fingerprint density at radius 3 is 1.40 bits per heavy atom. The van der Waals surface area contributed by atoms with E-state index in [1.165, 1.54) is 6.08 Å². The van der Waals surface area contributed by atoms with E-state index in [-0.39, 0.29) is 64.5 Å². The summed E-state index contributed by atoms with van der Waals surface area (Å²) in [5.74, 6) is -14.5. The smallest absolute Gasteiger partial charge is 0.408 e. The molecule has 11 rings (SSSR count). The van der Waals surface area contributed by atoms with Crippen LogP contribution in [0.1, 0.15) is 95.2 Å². The van der Waals surface area contributed by atoms with E-state index in [4.69, 9.17) is 111 Å². The topological polar surface area (TPSA) is 606 Å². The number of halogens is 4. The molecule has 3 aromatic carbocycles. The zero-order chi connectivity index (χ0) is 91.1. The number of ketones is 2. The molecule has 0 bridgehead atoms. The summed E-state index contributed by atoms with van der Waals surface area (Å²) >= 11 is 0. The van der Waals surface area contributed by atoms with Crippen molar-refractivity contribution >= 4 is 29.8 Å². The Balaban J connectivity index is 0.000000300. The Hall–Kier alpha value is -7.68. The predicted molar refractivity (Wildman–Crippen MR) is 433 cm³/mol. The van der Waals surface area contributed by atoms with Gasteiger partial charge in [0.2, 0.25) is 0 Å². The molecule has 22 N–H and O–H groups in total. The van der Waals surface area contributed by atoms with Gasteiger partial charge in [0.05, 0.1) is 93.6 Å². The number of alkyl halides is 4. The van der Waals surface area contributed by atoms with Crippen molar-refractivity contribution in [3.05, 3.63) is 142 Å². The molecule has 0 radical (unpaired) electrons. The molecule has 0 aromatic heterocycles. The summed E-state index contributed by atoms with van der Waals surface area (Å²) in [5.41, 5.74) is 46.4. The standard InChI is InChI=1S/C55H68F2N6O16.C28H52F2N6O11/c1-4-38-20-22-40(61-53(69)72-29-35-16-10-6-11-17-35)49(74-38)77-46-32(2)24-37(25-42(65)33(3)55(56,57)31-60-63-58)44(66)48(46)79-51-45(67)47(43(27-64)76-51)78-50-41(62-54(70)73-30-36-18-12-7-13-19-36)23-21-39(75-50)26-59-52(68)71-28-34-14-8-5-9-15-34;29-28(30,10-33)24(41)17(38)6-11-5-16(36)21(45-25-14(34)3-1-12(7-31)42-25)23(19(11)39)47-27-20(40)22(18(9-37)44-27)46-26-15(35)4-2-13(8-32)43-26/h5-23,32-33,37-41,43-51,64,66-67H,4,24-31H2,1-3H3,(H,59,68)(H,61,69)(H,62,70);11-16,18-27,37,39-41H,1-10,31-36H2/t32-,33+,37-,38+,39+,40+,41+,43+,44-,45+,46+,47+,48+,49+,50+,51-;11-,12-,13+,14+,15+,16-,18+,19-,20+,21+,22+,23+,24-,25+,26+,27-/m00/s1. The molecule has 32 atom stereocenters. The van der Waals surface area contributed by atoms with E-state index < -0.39 is 264 Å². The Bertz CT molecular complexity index is 4010. The second kappa shape index (κ2) is 47.8. The first-order chi connectivity index (χ1) is 60.3. The number of benzene rings is 3. The maximum atomic E-state index is 15.1. The van der Waals surface area contributed by atoms with Crippen LogP contribution in [0.4, 0.5) is 31.9 Å². The van der Waals surface area contributed by atoms with E-state index in [1.54, 1.807) is 97.9 Å². The van der Waals surface area contributed by atoms with Crippen LogP contribution < -0.4 is 50.4 Å². The van der Waals surface area contributed by atoms with Crippen LogP contribution in [0.2, 0.25) is 0 Å². The number of alkyl carbamates (subject to hydrolysis) is 3. The largest absolute Gasteiger partial charge is 0.445 e. The number of rotatable bonds is 38. The third kappa shape index (κ3) is 27.2. The summed E-state index contributed by atoms with van der Waals surface area (Å²) in [6, 6.07) is 22.7. The Morgan fingerprint density at radius 2 is 0.944 bits per heavy atom. The Labute approximate surface area is 724 Å². The maximum Gasteiger partial charge on any atom is 0.408 e. The summed E-state index contributed by atoms with van der Waals surface area (Å²) in [6.07, 6.45) is -24.4. The minimum absolute atomic E-state index is 0.00229. The van der Waals surface area contributed by atoms with Crippen molar-refractivity contribution in [2.75, 3.05) is 45.9 Å². The molecule has 0 unspecified atom stereocenters. The number of carbonyl (C=O) groups excluding carboxylic acids is 5. The van der Waals surface area contributed by atoms with Gasteiger partial charge in [0, 0.05) is 36.9 Å². The van der Waals surface area contributed by atoms with Gasteiger partial charge in [-0.1, -0.05) is 134 Å². The molecule has 43 heteroatoms. The third-order valence-corrected chi connectivity index (χ3v) is 23.4. The molecule has 3 aromatic rings. The molecule has 702 valence electrons. The van der Waals surface area contributed by atoms with Crippen molar-refractivity contribution < 1.29 is 148 Å². The van der Waals surface area contributed by atoms with Crippen LogP contribution in [0, 0.1) is 23.7 Å². The number of amides is 3. The van der Waals surface area contributed by atoms with Gasteiger partial charge in [0.15, 0.2) is 49.6 Å². The molecule has 0 spiro atoms. The van der Waals surface area contributed by atoms with Gasteiger partial charge in [0.25, 0.3) is 11.8 Å². The van der Waals surface area contributed by atoms with E-state index in [2.05, 4.69) is 26.0 Å². The SMILES string of the molecule is CC[C@@H]1C=C[C@@H](NC(=O)OCc2ccccc2)[C@@H](O[C@H]2[C@H](O[C@@H]3O[C@H](CO)[C@@H](O[C@H]4O[C@@H](CNC(=O)OCc5ccccc5)C=C[C@H]4NC(=O)OCc4ccccc4)[C@H]3O)[C@@H](O)[C@H](CC(=O)[C@@H](C)C(F)(F)CN=[N+]=[N-])C[C@@H]2C)O1.NC[C@@H]1CC[C@@H](N)[C@@H](O[C@H]2[C@H](O[C@@H]3O[C@H](CO)[C@@H](O[C@H]4O[C@@H](CN)CC[C@H]4N)[C@H]3O)[C@@H](O)[C@H](CC(=O)[C@H](O)C(F)(F)CN)C[C@@H]2N)O1. The normalized spacial score (nSPS) is 35.1. The average molecular weight is 1790 g/mol. The van der Waals surface area contributed by atoms with Crippen molar-refractivity contribution in [1.82, 2.24) is 16.0 Å². The lowest BCUT2D eigenvalue weighted by Gasteiger charge is -2.46. The highest BCUT2D eigenvalue weighted by Gasteiger charge is 2.57. The minimum Gasteiger partial charge on any atom is -0.445 e. The van der Waals surface area contributed by atoms with Crippen LogP contribution >= 0.6 is 0 Å². The van der Waals surface area contributed by atoms with Gasteiger partial charge in [-0.3, -0.25) is 9.59 Å². The number of nitrogens with zero attached hydrogens (tertiary/aromatic N) is 3. The van der Waals surface area contributed by atoms with Gasteiger partial charge in [-0.25, -0.2) is 31.9 Å². The quantitative estimate of drug-likeness (QED) is 0.00969. The summed E-state index contributed by atoms with van der Waals surface area (Å²) in [4.78, 5) is 67.8. The fraction of sp³-hybridized carbons (Fsp3) is 0.675. The second-order valence-electron chi connectivity index (χ2n) is 32.6. The van der Waals surface area contributed by atoms with Gasteiger partial charge < -0.3 is 157 Å². The number of hydrogen-bond donors (Lipinski definition) is 16. The van der Waals surface area contributed by atoms with E-state index in [0.717, 1.165) is 18.1 Å². The number of aliphatic hydroxyl groups is 7. The van der Waals surface area contributed by atoms with Crippen LogP contribution in [-0.2, 0) is 100 Å². The van der Waals surface area contributed by atoms with Gasteiger partial charge in [-0.05, 0) is 91.8 Å². The fourth-order valence-electron chi connectivity index (χ4n) is 16.0. The molecule has 4 saturated heterocycles. The van der Waals surface area contributed by atoms with Crippen LogP contribution in [0.15, 0.2) is 120 Å². The highest BCUT2D eigenvalue weighted by atomic mass is 19.3. The molecule has 8 aliphatic rings. The first kappa shape index (κ1) is 100. The second-order valence-corrected chi connectivity index (χ2v) is 32.6. The number of carbonyl (C=O) groups is 5. The fourth-order valence-corrected chi connectivity index (χ4v) is 16.0. The number of hydrogen-bond acceptors (Lipinski definition) is 34.